The number of methoxy groups -OCH3 is 1. The zero-order chi connectivity index (χ0) is 18.7. The molecular weight excluding hydrogens is 336 g/mol. The van der Waals surface area contributed by atoms with Gasteiger partial charge in [0.05, 0.1) is 25.0 Å². The monoisotopic (exact) mass is 362 g/mol. The Labute approximate surface area is 152 Å². The van der Waals surface area contributed by atoms with Gasteiger partial charge in [-0.3, -0.25) is 9.69 Å². The first-order valence-electron chi connectivity index (χ1n) is 8.99. The molecule has 0 aliphatic heterocycles. The molecule has 1 heterocycles. The SMILES string of the molecule is COc1ccc(NC(=O)NC2CC(N(CC(=O)O)CC3CC3)C2)c(C)n1. The summed E-state index contributed by atoms with van der Waals surface area (Å²) in [5.41, 5.74) is 1.32. The van der Waals surface area contributed by atoms with Crippen LogP contribution in [0.3, 0.4) is 0 Å². The van der Waals surface area contributed by atoms with Gasteiger partial charge >= 0.3 is 12.0 Å². The number of hydrogen-bond acceptors (Lipinski definition) is 5. The molecule has 0 unspecified atom stereocenters. The minimum Gasteiger partial charge on any atom is -0.481 e. The molecule has 2 aliphatic rings. The first-order valence-corrected chi connectivity index (χ1v) is 8.99. The summed E-state index contributed by atoms with van der Waals surface area (Å²) in [6.45, 7) is 2.74. The molecule has 2 fully saturated rings. The van der Waals surface area contributed by atoms with Crippen LogP contribution in [-0.2, 0) is 4.79 Å². The summed E-state index contributed by atoms with van der Waals surface area (Å²) in [6, 6.07) is 3.50. The average Bonchev–Trinajstić information content (AvgIpc) is 3.35. The standard InChI is InChI=1S/C18H26N4O4/c1-11-15(5-6-16(19-11)26-2)21-18(25)20-13-7-14(8-13)22(10-17(23)24)9-12-3-4-12/h5-6,12-14H,3-4,7-10H2,1-2H3,(H,23,24)(H2,20,21,25). The van der Waals surface area contributed by atoms with E-state index in [2.05, 4.69) is 15.6 Å². The maximum absolute atomic E-state index is 12.2. The Bertz CT molecular complexity index is 671. The molecule has 0 spiro atoms. The van der Waals surface area contributed by atoms with E-state index in [0.717, 1.165) is 19.4 Å². The fourth-order valence-electron chi connectivity index (χ4n) is 3.28. The molecule has 2 aliphatic carbocycles. The summed E-state index contributed by atoms with van der Waals surface area (Å²) in [4.78, 5) is 29.5. The number of pyridine rings is 1. The number of carbonyl (C=O) groups excluding carboxylic acids is 1. The minimum atomic E-state index is -0.790. The van der Waals surface area contributed by atoms with E-state index < -0.39 is 5.97 Å². The molecule has 142 valence electrons. The van der Waals surface area contributed by atoms with Gasteiger partial charge in [0.1, 0.15) is 0 Å². The molecule has 1 aromatic heterocycles. The van der Waals surface area contributed by atoms with E-state index >= 15 is 0 Å². The summed E-state index contributed by atoms with van der Waals surface area (Å²) in [6.07, 6.45) is 3.96. The fraction of sp³-hybridized carbons (Fsp3) is 0.611. The van der Waals surface area contributed by atoms with Crippen molar-refractivity contribution < 1.29 is 19.4 Å². The number of carboxylic acid groups (broad SMARTS) is 1. The molecule has 0 bridgehead atoms. The summed E-state index contributed by atoms with van der Waals surface area (Å²) < 4.78 is 5.05. The first kappa shape index (κ1) is 18.4. The van der Waals surface area contributed by atoms with E-state index in [1.165, 1.54) is 12.8 Å². The number of aromatic nitrogens is 1. The topological polar surface area (TPSA) is 104 Å². The summed E-state index contributed by atoms with van der Waals surface area (Å²) in [7, 11) is 1.55. The molecule has 3 rings (SSSR count). The highest BCUT2D eigenvalue weighted by Gasteiger charge is 2.37. The minimum absolute atomic E-state index is 0.0713. The molecule has 0 radical (unpaired) electrons. The molecule has 26 heavy (non-hydrogen) atoms. The third kappa shape index (κ3) is 4.85. The number of urea groups is 1. The average molecular weight is 362 g/mol. The Morgan fingerprint density at radius 1 is 1.35 bits per heavy atom. The van der Waals surface area contributed by atoms with Crippen LogP contribution in [0.5, 0.6) is 5.88 Å². The molecular formula is C18H26N4O4. The van der Waals surface area contributed by atoms with Gasteiger partial charge in [-0.25, -0.2) is 9.78 Å². The predicted octanol–water partition coefficient (Wildman–Crippen LogP) is 1.85. The number of amides is 2. The molecule has 0 saturated heterocycles. The van der Waals surface area contributed by atoms with Gasteiger partial charge in [0, 0.05) is 24.7 Å². The van der Waals surface area contributed by atoms with Crippen LogP contribution in [0.1, 0.15) is 31.4 Å². The van der Waals surface area contributed by atoms with Crippen molar-refractivity contribution >= 4 is 17.7 Å². The van der Waals surface area contributed by atoms with Gasteiger partial charge in [-0.05, 0) is 44.6 Å². The Kier molecular flexibility index (Phi) is 5.61. The molecule has 2 amide bonds. The van der Waals surface area contributed by atoms with Crippen molar-refractivity contribution in [3.8, 4) is 5.88 Å². The zero-order valence-corrected chi connectivity index (χ0v) is 15.2. The number of aryl methyl sites for hydroxylation is 1. The lowest BCUT2D eigenvalue weighted by Gasteiger charge is -2.42. The number of carboxylic acids is 1. The van der Waals surface area contributed by atoms with Crippen molar-refractivity contribution in [2.24, 2.45) is 5.92 Å². The Balaban J connectivity index is 1.45. The van der Waals surface area contributed by atoms with Crippen molar-refractivity contribution in [1.29, 1.82) is 0 Å². The van der Waals surface area contributed by atoms with E-state index in [9.17, 15) is 9.59 Å². The molecule has 0 aromatic carbocycles. The molecule has 8 heteroatoms. The lowest BCUT2D eigenvalue weighted by Crippen LogP contribution is -2.55. The van der Waals surface area contributed by atoms with E-state index in [1.807, 2.05) is 4.90 Å². The maximum Gasteiger partial charge on any atom is 0.319 e. The molecule has 3 N–H and O–H groups in total. The van der Waals surface area contributed by atoms with E-state index in [0.29, 0.717) is 23.2 Å². The third-order valence-electron chi connectivity index (χ3n) is 5.01. The van der Waals surface area contributed by atoms with E-state index in [1.54, 1.807) is 26.2 Å². The number of nitrogens with one attached hydrogen (secondary N) is 2. The Morgan fingerprint density at radius 2 is 2.08 bits per heavy atom. The molecule has 0 atom stereocenters. The van der Waals surface area contributed by atoms with Crippen LogP contribution in [0.4, 0.5) is 10.5 Å². The number of carbonyl (C=O) groups is 2. The Morgan fingerprint density at radius 3 is 2.65 bits per heavy atom. The first-order chi connectivity index (χ1) is 12.4. The highest BCUT2D eigenvalue weighted by molar-refractivity contribution is 5.90. The molecule has 8 nitrogen and oxygen atoms in total. The lowest BCUT2D eigenvalue weighted by molar-refractivity contribution is -0.139. The van der Waals surface area contributed by atoms with E-state index in [-0.39, 0.29) is 24.7 Å². The van der Waals surface area contributed by atoms with Gasteiger partial charge in [-0.15, -0.1) is 0 Å². The van der Waals surface area contributed by atoms with Crippen molar-refractivity contribution in [3.63, 3.8) is 0 Å². The number of nitrogens with zero attached hydrogens (tertiary/aromatic N) is 2. The van der Waals surface area contributed by atoms with Crippen LogP contribution < -0.4 is 15.4 Å². The fourth-order valence-corrected chi connectivity index (χ4v) is 3.28. The van der Waals surface area contributed by atoms with E-state index in [4.69, 9.17) is 9.84 Å². The molecule has 2 saturated carbocycles. The lowest BCUT2D eigenvalue weighted by atomic mass is 9.85. The second-order valence-corrected chi connectivity index (χ2v) is 7.17. The summed E-state index contributed by atoms with van der Waals surface area (Å²) in [5, 5.41) is 14.8. The second-order valence-electron chi connectivity index (χ2n) is 7.17. The highest BCUT2D eigenvalue weighted by atomic mass is 16.5. The largest absolute Gasteiger partial charge is 0.481 e. The van der Waals surface area contributed by atoms with Gasteiger partial charge in [-0.2, -0.15) is 0 Å². The Hall–Kier alpha value is -2.35. The molecule has 1 aromatic rings. The number of hydrogen-bond donors (Lipinski definition) is 3. The summed E-state index contributed by atoms with van der Waals surface area (Å²) in [5.74, 6) is 0.363. The quantitative estimate of drug-likeness (QED) is 0.652. The van der Waals surface area contributed by atoms with Crippen LogP contribution in [-0.4, -0.2) is 59.3 Å². The van der Waals surface area contributed by atoms with Gasteiger partial charge in [0.2, 0.25) is 5.88 Å². The zero-order valence-electron chi connectivity index (χ0n) is 15.2. The third-order valence-corrected chi connectivity index (χ3v) is 5.01. The second kappa shape index (κ2) is 7.90. The van der Waals surface area contributed by atoms with Gasteiger partial charge < -0.3 is 20.5 Å². The van der Waals surface area contributed by atoms with Crippen molar-refractivity contribution in [1.82, 2.24) is 15.2 Å². The van der Waals surface area contributed by atoms with Crippen molar-refractivity contribution in [3.05, 3.63) is 17.8 Å². The summed E-state index contributed by atoms with van der Waals surface area (Å²) >= 11 is 0. The van der Waals surface area contributed by atoms with Crippen LogP contribution in [0.25, 0.3) is 0 Å². The van der Waals surface area contributed by atoms with Gasteiger partial charge in [0.25, 0.3) is 0 Å². The van der Waals surface area contributed by atoms with Gasteiger partial charge in [-0.1, -0.05) is 0 Å². The number of rotatable bonds is 8. The van der Waals surface area contributed by atoms with Crippen molar-refractivity contribution in [2.45, 2.75) is 44.7 Å². The van der Waals surface area contributed by atoms with Gasteiger partial charge in [0.15, 0.2) is 0 Å². The normalized spacial score (nSPS) is 21.8. The smallest absolute Gasteiger partial charge is 0.319 e. The predicted molar refractivity (Wildman–Crippen MR) is 96.4 cm³/mol. The number of anilines is 1. The number of aliphatic carboxylic acids is 1. The van der Waals surface area contributed by atoms with Crippen LogP contribution in [0, 0.1) is 12.8 Å². The highest BCUT2D eigenvalue weighted by Crippen LogP contribution is 2.33. The van der Waals surface area contributed by atoms with Crippen LogP contribution in [0.2, 0.25) is 0 Å². The van der Waals surface area contributed by atoms with Crippen LogP contribution >= 0.6 is 0 Å². The van der Waals surface area contributed by atoms with Crippen LogP contribution in [0.15, 0.2) is 12.1 Å². The number of ether oxygens (including phenoxy) is 1. The maximum atomic E-state index is 12.2. The van der Waals surface area contributed by atoms with Crippen molar-refractivity contribution in [2.75, 3.05) is 25.5 Å².